The number of aromatic amines is 1. The van der Waals surface area contributed by atoms with E-state index in [-0.39, 0.29) is 11.9 Å². The van der Waals surface area contributed by atoms with Gasteiger partial charge in [0.2, 0.25) is 5.91 Å². The number of likely N-dealkylation sites (tertiary alicyclic amines) is 1. The van der Waals surface area contributed by atoms with Crippen molar-refractivity contribution in [3.8, 4) is 0 Å². The van der Waals surface area contributed by atoms with Crippen LogP contribution in [0, 0.1) is 0 Å². The maximum Gasteiger partial charge on any atom is 0.248 e. The standard InChI is InChI=1S/C20H27N5O2/c1-13(2)20(26)25-7-3-4-15(11-25)24-19-17-16(14-5-8-27-9-6-14)10-21-18(17)22-12-23-19/h10,12,14-15H,1,3-9,11H2,2H3,(H2,21,22,23,24)/t15-/m1/s1. The molecule has 1 atom stereocenters. The molecule has 2 aromatic heterocycles. The van der Waals surface area contributed by atoms with Crippen LogP contribution in [-0.2, 0) is 9.53 Å². The third kappa shape index (κ3) is 3.69. The van der Waals surface area contributed by atoms with Crippen molar-refractivity contribution in [1.29, 1.82) is 0 Å². The Bertz CT molecular complexity index is 840. The predicted molar refractivity (Wildman–Crippen MR) is 105 cm³/mol. The molecule has 2 N–H and O–H groups in total. The molecule has 2 aromatic rings. The number of hydrogen-bond acceptors (Lipinski definition) is 5. The molecule has 0 aromatic carbocycles. The summed E-state index contributed by atoms with van der Waals surface area (Å²) in [5.41, 5.74) is 2.72. The summed E-state index contributed by atoms with van der Waals surface area (Å²) < 4.78 is 5.51. The topological polar surface area (TPSA) is 83.1 Å². The third-order valence-electron chi connectivity index (χ3n) is 5.58. The molecule has 2 fully saturated rings. The van der Waals surface area contributed by atoms with E-state index in [4.69, 9.17) is 4.74 Å². The lowest BCUT2D eigenvalue weighted by atomic mass is 9.92. The maximum absolute atomic E-state index is 12.3. The summed E-state index contributed by atoms with van der Waals surface area (Å²) in [7, 11) is 0. The first-order valence-corrected chi connectivity index (χ1v) is 9.74. The first kappa shape index (κ1) is 18.0. The maximum atomic E-state index is 12.3. The predicted octanol–water partition coefficient (Wildman–Crippen LogP) is 2.83. The number of fused-ring (bicyclic) bond motifs is 1. The number of nitrogens with zero attached hydrogens (tertiary/aromatic N) is 3. The lowest BCUT2D eigenvalue weighted by molar-refractivity contribution is -0.128. The molecule has 27 heavy (non-hydrogen) atoms. The van der Waals surface area contributed by atoms with Crippen LogP contribution in [0.4, 0.5) is 5.82 Å². The Labute approximate surface area is 159 Å². The molecule has 2 aliphatic heterocycles. The molecule has 4 heterocycles. The Morgan fingerprint density at radius 3 is 2.93 bits per heavy atom. The average Bonchev–Trinajstić information content (AvgIpc) is 3.13. The third-order valence-corrected chi connectivity index (χ3v) is 5.58. The van der Waals surface area contributed by atoms with Gasteiger partial charge in [0, 0.05) is 44.1 Å². The fourth-order valence-electron chi connectivity index (χ4n) is 4.17. The minimum Gasteiger partial charge on any atom is -0.381 e. The van der Waals surface area contributed by atoms with Gasteiger partial charge in [-0.3, -0.25) is 4.79 Å². The number of carbonyl (C=O) groups excluding carboxylic acids is 1. The van der Waals surface area contributed by atoms with E-state index in [0.29, 0.717) is 18.0 Å². The highest BCUT2D eigenvalue weighted by Gasteiger charge is 2.26. The number of amides is 1. The van der Waals surface area contributed by atoms with E-state index in [2.05, 4.69) is 33.0 Å². The lowest BCUT2D eigenvalue weighted by Crippen LogP contribution is -2.45. The minimum absolute atomic E-state index is 0.0406. The second kappa shape index (κ2) is 7.68. The van der Waals surface area contributed by atoms with Gasteiger partial charge in [0.25, 0.3) is 0 Å². The second-order valence-electron chi connectivity index (χ2n) is 7.59. The summed E-state index contributed by atoms with van der Waals surface area (Å²) in [5, 5.41) is 4.66. The Kier molecular flexibility index (Phi) is 5.11. The van der Waals surface area contributed by atoms with Crippen molar-refractivity contribution in [3.63, 3.8) is 0 Å². The van der Waals surface area contributed by atoms with Crippen LogP contribution in [0.15, 0.2) is 24.7 Å². The normalized spacial score (nSPS) is 21.4. The molecule has 0 bridgehead atoms. The van der Waals surface area contributed by atoms with Crippen molar-refractivity contribution in [2.45, 2.75) is 44.6 Å². The molecule has 4 rings (SSSR count). The van der Waals surface area contributed by atoms with Gasteiger partial charge in [-0.15, -0.1) is 0 Å². The summed E-state index contributed by atoms with van der Waals surface area (Å²) in [6.45, 7) is 8.63. The lowest BCUT2D eigenvalue weighted by Gasteiger charge is -2.33. The highest BCUT2D eigenvalue weighted by atomic mass is 16.5. The van der Waals surface area contributed by atoms with Gasteiger partial charge in [-0.2, -0.15) is 0 Å². The Morgan fingerprint density at radius 1 is 1.33 bits per heavy atom. The molecule has 1 amide bonds. The molecule has 7 heteroatoms. The summed E-state index contributed by atoms with van der Waals surface area (Å²) in [5.74, 6) is 1.36. The number of H-pyrrole nitrogens is 1. The van der Waals surface area contributed by atoms with E-state index in [9.17, 15) is 4.79 Å². The summed E-state index contributed by atoms with van der Waals surface area (Å²) in [6, 6.07) is 0.178. The van der Waals surface area contributed by atoms with Gasteiger partial charge in [-0.1, -0.05) is 6.58 Å². The van der Waals surface area contributed by atoms with Gasteiger partial charge in [-0.25, -0.2) is 9.97 Å². The Hall–Kier alpha value is -2.41. The first-order chi connectivity index (χ1) is 13.1. The van der Waals surface area contributed by atoms with Gasteiger partial charge in [0.05, 0.1) is 5.39 Å². The average molecular weight is 369 g/mol. The summed E-state index contributed by atoms with van der Waals surface area (Å²) in [4.78, 5) is 26.4. The zero-order valence-electron chi connectivity index (χ0n) is 15.8. The molecule has 2 saturated heterocycles. The number of hydrogen-bond donors (Lipinski definition) is 2. The highest BCUT2D eigenvalue weighted by molar-refractivity contribution is 5.92. The highest BCUT2D eigenvalue weighted by Crippen LogP contribution is 2.35. The molecular weight excluding hydrogens is 342 g/mol. The van der Waals surface area contributed by atoms with Crippen molar-refractivity contribution in [3.05, 3.63) is 30.2 Å². The molecule has 0 unspecified atom stereocenters. The largest absolute Gasteiger partial charge is 0.381 e. The molecular formula is C20H27N5O2. The van der Waals surface area contributed by atoms with E-state index in [1.165, 1.54) is 5.56 Å². The van der Waals surface area contributed by atoms with Crippen LogP contribution in [0.1, 0.15) is 44.1 Å². The monoisotopic (exact) mass is 369 g/mol. The first-order valence-electron chi connectivity index (χ1n) is 9.74. The van der Waals surface area contributed by atoms with Crippen molar-refractivity contribution in [1.82, 2.24) is 19.9 Å². The Morgan fingerprint density at radius 2 is 2.15 bits per heavy atom. The molecule has 144 valence electrons. The zero-order valence-corrected chi connectivity index (χ0v) is 15.8. The van der Waals surface area contributed by atoms with Gasteiger partial charge < -0.3 is 19.9 Å². The summed E-state index contributed by atoms with van der Waals surface area (Å²) in [6.07, 6.45) is 7.69. The molecule has 0 radical (unpaired) electrons. The zero-order chi connectivity index (χ0) is 18.8. The molecule has 2 aliphatic rings. The fraction of sp³-hybridized carbons (Fsp3) is 0.550. The fourth-order valence-corrected chi connectivity index (χ4v) is 4.17. The SMILES string of the molecule is C=C(C)C(=O)N1CCC[C@@H](Nc2ncnc3[nH]cc(C4CCOCC4)c23)C1. The number of rotatable bonds is 4. The Balaban J connectivity index is 1.57. The van der Waals surface area contributed by atoms with Crippen LogP contribution < -0.4 is 5.32 Å². The molecule has 7 nitrogen and oxygen atoms in total. The van der Waals surface area contributed by atoms with Crippen LogP contribution >= 0.6 is 0 Å². The van der Waals surface area contributed by atoms with E-state index < -0.39 is 0 Å². The van der Waals surface area contributed by atoms with Crippen molar-refractivity contribution in [2.24, 2.45) is 0 Å². The van der Waals surface area contributed by atoms with Gasteiger partial charge in [-0.05, 0) is 44.1 Å². The van der Waals surface area contributed by atoms with Gasteiger partial charge >= 0.3 is 0 Å². The van der Waals surface area contributed by atoms with Crippen molar-refractivity contribution < 1.29 is 9.53 Å². The number of ether oxygens (including phenoxy) is 1. The van der Waals surface area contributed by atoms with Crippen LogP contribution in [0.5, 0.6) is 0 Å². The van der Waals surface area contributed by atoms with E-state index in [1.807, 2.05) is 4.90 Å². The minimum atomic E-state index is 0.0406. The van der Waals surface area contributed by atoms with Crippen LogP contribution in [0.3, 0.4) is 0 Å². The number of carbonyl (C=O) groups is 1. The van der Waals surface area contributed by atoms with Crippen LogP contribution in [0.25, 0.3) is 11.0 Å². The van der Waals surface area contributed by atoms with E-state index in [1.54, 1.807) is 13.3 Å². The van der Waals surface area contributed by atoms with Crippen molar-refractivity contribution in [2.75, 3.05) is 31.6 Å². The van der Waals surface area contributed by atoms with E-state index in [0.717, 1.165) is 62.3 Å². The number of nitrogens with one attached hydrogen (secondary N) is 2. The quantitative estimate of drug-likeness (QED) is 0.810. The number of aromatic nitrogens is 3. The number of anilines is 1. The smallest absolute Gasteiger partial charge is 0.248 e. The second-order valence-corrected chi connectivity index (χ2v) is 7.59. The van der Waals surface area contributed by atoms with E-state index >= 15 is 0 Å². The molecule has 0 spiro atoms. The summed E-state index contributed by atoms with van der Waals surface area (Å²) >= 11 is 0. The van der Waals surface area contributed by atoms with Gasteiger partial charge in [0.15, 0.2) is 0 Å². The molecule has 0 saturated carbocycles. The number of piperidine rings is 1. The molecule has 0 aliphatic carbocycles. The van der Waals surface area contributed by atoms with Gasteiger partial charge in [0.1, 0.15) is 17.8 Å². The van der Waals surface area contributed by atoms with Crippen LogP contribution in [0.2, 0.25) is 0 Å². The van der Waals surface area contributed by atoms with Crippen molar-refractivity contribution >= 4 is 22.8 Å². The van der Waals surface area contributed by atoms with Crippen LogP contribution in [-0.4, -0.2) is 58.1 Å².